The van der Waals surface area contributed by atoms with Crippen molar-refractivity contribution in [2.75, 3.05) is 18.1 Å². The number of carboxylic acids is 1. The van der Waals surface area contributed by atoms with E-state index in [-0.39, 0.29) is 5.60 Å². The molecule has 3 aliphatic rings. The molecule has 0 radical (unpaired) electrons. The van der Waals surface area contributed by atoms with E-state index < -0.39 is 11.4 Å². The maximum Gasteiger partial charge on any atom is 0.309 e. The molecule has 3 nitrogen and oxygen atoms in total. The molecule has 1 aliphatic carbocycles. The summed E-state index contributed by atoms with van der Waals surface area (Å²) in [5.41, 5.74) is -0.453. The van der Waals surface area contributed by atoms with Gasteiger partial charge in [-0.25, -0.2) is 0 Å². The quantitative estimate of drug-likeness (QED) is 0.865. The Kier molecular flexibility index (Phi) is 4.06. The molecular weight excluding hydrogens is 272 g/mol. The fraction of sp³-hybridized carbons (Fsp3) is 0.938. The van der Waals surface area contributed by atoms with E-state index in [1.165, 1.54) is 5.75 Å². The van der Waals surface area contributed by atoms with Crippen LogP contribution in [0.25, 0.3) is 0 Å². The molecule has 4 heteroatoms. The van der Waals surface area contributed by atoms with Gasteiger partial charge in [0.15, 0.2) is 0 Å². The molecule has 2 aliphatic heterocycles. The minimum atomic E-state index is -0.541. The summed E-state index contributed by atoms with van der Waals surface area (Å²) in [5.74, 6) is 2.63. The number of hydrogen-bond acceptors (Lipinski definition) is 3. The van der Waals surface area contributed by atoms with E-state index in [0.717, 1.165) is 57.3 Å². The lowest BCUT2D eigenvalue weighted by molar-refractivity contribution is -0.161. The number of carboxylic acid groups (broad SMARTS) is 1. The van der Waals surface area contributed by atoms with Gasteiger partial charge in [0.05, 0.1) is 11.0 Å². The molecule has 0 aromatic carbocycles. The lowest BCUT2D eigenvalue weighted by atomic mass is 9.66. The fourth-order valence-electron chi connectivity index (χ4n) is 4.63. The average molecular weight is 298 g/mol. The van der Waals surface area contributed by atoms with Crippen molar-refractivity contribution >= 4 is 17.7 Å². The normalized spacial score (nSPS) is 45.0. The molecule has 0 bridgehead atoms. The number of thioether (sulfide) groups is 1. The van der Waals surface area contributed by atoms with Crippen LogP contribution in [0.4, 0.5) is 0 Å². The van der Waals surface area contributed by atoms with Gasteiger partial charge in [0.2, 0.25) is 0 Å². The number of hydrogen-bond donors (Lipinski definition) is 1. The molecule has 0 amide bonds. The average Bonchev–Trinajstić information content (AvgIpc) is 3.07. The van der Waals surface area contributed by atoms with Crippen molar-refractivity contribution in [3.05, 3.63) is 0 Å². The molecule has 0 aromatic rings. The van der Waals surface area contributed by atoms with Crippen LogP contribution in [-0.4, -0.2) is 34.8 Å². The van der Waals surface area contributed by atoms with Crippen LogP contribution >= 0.6 is 11.8 Å². The molecule has 3 fully saturated rings. The standard InChI is InChI=1S/C16H26O3S/c1-2-12-3-5-16(9-12,14(17)18)13-4-7-19-15(10-13)6-8-20-11-15/h12-13H,2-11H2,1H3,(H,17,18). The van der Waals surface area contributed by atoms with E-state index in [0.29, 0.717) is 11.8 Å². The highest BCUT2D eigenvalue weighted by Gasteiger charge is 2.54. The highest BCUT2D eigenvalue weighted by atomic mass is 32.2. The monoisotopic (exact) mass is 298 g/mol. The first-order valence-electron chi connectivity index (χ1n) is 8.05. The van der Waals surface area contributed by atoms with Crippen molar-refractivity contribution in [1.29, 1.82) is 0 Å². The van der Waals surface area contributed by atoms with Gasteiger partial charge in [0.25, 0.3) is 0 Å². The third-order valence-electron chi connectivity index (χ3n) is 6.00. The minimum absolute atomic E-state index is 0.000332. The SMILES string of the molecule is CCC1CCC(C(=O)O)(C2CCOC3(CCSC3)C2)C1. The third-order valence-corrected chi connectivity index (χ3v) is 7.22. The predicted molar refractivity (Wildman–Crippen MR) is 81.0 cm³/mol. The summed E-state index contributed by atoms with van der Waals surface area (Å²) >= 11 is 1.96. The van der Waals surface area contributed by atoms with Crippen LogP contribution in [0.15, 0.2) is 0 Å². The van der Waals surface area contributed by atoms with Crippen molar-refractivity contribution < 1.29 is 14.6 Å². The van der Waals surface area contributed by atoms with Gasteiger partial charge in [-0.3, -0.25) is 4.79 Å². The molecule has 20 heavy (non-hydrogen) atoms. The second-order valence-corrected chi connectivity index (χ2v) is 8.11. The zero-order valence-electron chi connectivity index (χ0n) is 12.4. The van der Waals surface area contributed by atoms with Gasteiger partial charge in [-0.05, 0) is 56.1 Å². The molecule has 114 valence electrons. The number of rotatable bonds is 3. The van der Waals surface area contributed by atoms with Crippen molar-refractivity contribution in [2.45, 2.75) is 57.5 Å². The maximum absolute atomic E-state index is 12.0. The Morgan fingerprint density at radius 3 is 2.80 bits per heavy atom. The number of aliphatic carboxylic acids is 1. The van der Waals surface area contributed by atoms with E-state index in [1.807, 2.05) is 11.8 Å². The molecule has 1 saturated carbocycles. The largest absolute Gasteiger partial charge is 0.481 e. The van der Waals surface area contributed by atoms with Crippen LogP contribution in [0, 0.1) is 17.3 Å². The summed E-state index contributed by atoms with van der Waals surface area (Å²) in [7, 11) is 0. The highest BCUT2D eigenvalue weighted by Crippen LogP contribution is 2.54. The molecule has 0 aromatic heterocycles. The van der Waals surface area contributed by atoms with Crippen LogP contribution in [0.1, 0.15) is 51.9 Å². The first-order chi connectivity index (χ1) is 9.60. The van der Waals surface area contributed by atoms with Crippen LogP contribution in [0.2, 0.25) is 0 Å². The zero-order valence-corrected chi connectivity index (χ0v) is 13.2. The third kappa shape index (κ3) is 2.39. The van der Waals surface area contributed by atoms with Crippen molar-refractivity contribution in [3.8, 4) is 0 Å². The van der Waals surface area contributed by atoms with Crippen molar-refractivity contribution in [3.63, 3.8) is 0 Å². The van der Waals surface area contributed by atoms with Gasteiger partial charge in [0.1, 0.15) is 0 Å². The molecule has 3 rings (SSSR count). The molecule has 4 atom stereocenters. The maximum atomic E-state index is 12.0. The highest BCUT2D eigenvalue weighted by molar-refractivity contribution is 7.99. The predicted octanol–water partition coefficient (Wildman–Crippen LogP) is 3.57. The van der Waals surface area contributed by atoms with Crippen LogP contribution < -0.4 is 0 Å². The van der Waals surface area contributed by atoms with E-state index in [4.69, 9.17) is 4.74 Å². The Hall–Kier alpha value is -0.220. The van der Waals surface area contributed by atoms with E-state index in [2.05, 4.69) is 6.92 Å². The summed E-state index contributed by atoms with van der Waals surface area (Å²) < 4.78 is 6.08. The van der Waals surface area contributed by atoms with Gasteiger partial charge in [-0.2, -0.15) is 11.8 Å². The van der Waals surface area contributed by atoms with Gasteiger partial charge >= 0.3 is 5.97 Å². The van der Waals surface area contributed by atoms with Gasteiger partial charge < -0.3 is 9.84 Å². The minimum Gasteiger partial charge on any atom is -0.481 e. The van der Waals surface area contributed by atoms with Crippen LogP contribution in [-0.2, 0) is 9.53 Å². The lowest BCUT2D eigenvalue weighted by Gasteiger charge is -2.44. The van der Waals surface area contributed by atoms with Crippen molar-refractivity contribution in [1.82, 2.24) is 0 Å². The van der Waals surface area contributed by atoms with Crippen LogP contribution in [0.3, 0.4) is 0 Å². The molecule has 4 unspecified atom stereocenters. The Balaban J connectivity index is 1.79. The topological polar surface area (TPSA) is 46.5 Å². The molecule has 1 N–H and O–H groups in total. The van der Waals surface area contributed by atoms with E-state index in [1.54, 1.807) is 0 Å². The van der Waals surface area contributed by atoms with Gasteiger partial charge in [0, 0.05) is 12.4 Å². The Labute approximate surface area is 125 Å². The Morgan fingerprint density at radius 1 is 1.35 bits per heavy atom. The van der Waals surface area contributed by atoms with Crippen molar-refractivity contribution in [2.24, 2.45) is 17.3 Å². The molecule has 2 heterocycles. The number of ether oxygens (including phenoxy) is 1. The van der Waals surface area contributed by atoms with Gasteiger partial charge in [-0.1, -0.05) is 13.3 Å². The summed E-state index contributed by atoms with van der Waals surface area (Å²) in [4.78, 5) is 12.0. The summed E-state index contributed by atoms with van der Waals surface area (Å²) in [5, 5.41) is 9.91. The second kappa shape index (κ2) is 5.53. The molecular formula is C16H26O3S. The molecule has 2 saturated heterocycles. The van der Waals surface area contributed by atoms with Crippen LogP contribution in [0.5, 0.6) is 0 Å². The molecule has 1 spiro atoms. The van der Waals surface area contributed by atoms with Gasteiger partial charge in [-0.15, -0.1) is 0 Å². The Bertz CT molecular complexity index is 378. The Morgan fingerprint density at radius 2 is 2.20 bits per heavy atom. The van der Waals surface area contributed by atoms with E-state index in [9.17, 15) is 9.90 Å². The lowest BCUT2D eigenvalue weighted by Crippen LogP contribution is -2.47. The first-order valence-corrected chi connectivity index (χ1v) is 9.21. The smallest absolute Gasteiger partial charge is 0.309 e. The summed E-state index contributed by atoms with van der Waals surface area (Å²) in [6.07, 6.45) is 7.03. The summed E-state index contributed by atoms with van der Waals surface area (Å²) in [6, 6.07) is 0. The zero-order chi connectivity index (χ0) is 14.2. The number of carbonyl (C=O) groups is 1. The second-order valence-electron chi connectivity index (χ2n) is 7.00. The van der Waals surface area contributed by atoms with E-state index >= 15 is 0 Å². The fourth-order valence-corrected chi connectivity index (χ4v) is 6.01. The summed E-state index contributed by atoms with van der Waals surface area (Å²) in [6.45, 7) is 2.96. The first kappa shape index (κ1) is 14.7.